The first-order chi connectivity index (χ1) is 8.58. The fraction of sp³-hybridized carbons (Fsp3) is 0.500. The van der Waals surface area contributed by atoms with Gasteiger partial charge in [-0.3, -0.25) is 14.5 Å². The Bertz CT molecular complexity index is 455. The number of ether oxygens (including phenoxy) is 1. The predicted molar refractivity (Wildman–Crippen MR) is 65.1 cm³/mol. The number of carbonyl (C=O) groups is 2. The zero-order chi connectivity index (χ0) is 13.1. The van der Waals surface area contributed by atoms with Crippen molar-refractivity contribution in [3.63, 3.8) is 0 Å². The molecule has 1 atom stereocenters. The molecule has 1 unspecified atom stereocenters. The van der Waals surface area contributed by atoms with Gasteiger partial charge in [0.05, 0.1) is 19.8 Å². The van der Waals surface area contributed by atoms with Crippen LogP contribution in [0.3, 0.4) is 0 Å². The zero-order valence-electron chi connectivity index (χ0n) is 10.3. The molecule has 2 N–H and O–H groups in total. The molecule has 2 heterocycles. The summed E-state index contributed by atoms with van der Waals surface area (Å²) >= 11 is 0. The number of Topliss-reactive ketones (excluding diaryl/α,β-unsaturated/α-hetero) is 1. The van der Waals surface area contributed by atoms with Crippen molar-refractivity contribution >= 4 is 11.7 Å². The molecule has 18 heavy (non-hydrogen) atoms. The molecular weight excluding hydrogens is 234 g/mol. The van der Waals surface area contributed by atoms with E-state index < -0.39 is 11.9 Å². The van der Waals surface area contributed by atoms with Crippen molar-refractivity contribution in [3.8, 4) is 0 Å². The van der Waals surface area contributed by atoms with Gasteiger partial charge in [-0.1, -0.05) is 0 Å². The van der Waals surface area contributed by atoms with Crippen molar-refractivity contribution in [1.29, 1.82) is 0 Å². The first-order valence-corrected chi connectivity index (χ1v) is 5.84. The van der Waals surface area contributed by atoms with Gasteiger partial charge in [-0.05, 0) is 6.07 Å². The fourth-order valence-corrected chi connectivity index (χ4v) is 2.03. The number of hydrogen-bond donors (Lipinski definition) is 1. The summed E-state index contributed by atoms with van der Waals surface area (Å²) in [7, 11) is 1.86. The SMILES string of the molecule is Cn1ccc(C(=O)CN2CCOCC2C(N)=O)c1. The normalized spacial score (nSPS) is 20.8. The number of amides is 1. The van der Waals surface area contributed by atoms with E-state index in [-0.39, 0.29) is 18.9 Å². The minimum absolute atomic E-state index is 0.0104. The Kier molecular flexibility index (Phi) is 3.78. The summed E-state index contributed by atoms with van der Waals surface area (Å²) in [4.78, 5) is 25.1. The van der Waals surface area contributed by atoms with Gasteiger partial charge in [0, 0.05) is 31.5 Å². The third-order valence-electron chi connectivity index (χ3n) is 3.07. The molecule has 1 saturated heterocycles. The smallest absolute Gasteiger partial charge is 0.237 e. The summed E-state index contributed by atoms with van der Waals surface area (Å²) in [6.45, 7) is 1.52. The highest BCUT2D eigenvalue weighted by molar-refractivity contribution is 5.97. The summed E-state index contributed by atoms with van der Waals surface area (Å²) in [6, 6.07) is 1.26. The lowest BCUT2D eigenvalue weighted by Gasteiger charge is -2.32. The van der Waals surface area contributed by atoms with Crippen LogP contribution < -0.4 is 5.73 Å². The number of primary amides is 1. The molecular formula is C12H17N3O3. The van der Waals surface area contributed by atoms with Gasteiger partial charge >= 0.3 is 0 Å². The number of carbonyl (C=O) groups excluding carboxylic acids is 2. The number of aromatic nitrogens is 1. The largest absolute Gasteiger partial charge is 0.378 e. The molecule has 6 nitrogen and oxygen atoms in total. The lowest BCUT2D eigenvalue weighted by Crippen LogP contribution is -2.53. The highest BCUT2D eigenvalue weighted by Crippen LogP contribution is 2.09. The summed E-state index contributed by atoms with van der Waals surface area (Å²) < 4.78 is 7.02. The van der Waals surface area contributed by atoms with E-state index in [4.69, 9.17) is 10.5 Å². The van der Waals surface area contributed by atoms with E-state index in [1.807, 2.05) is 17.8 Å². The van der Waals surface area contributed by atoms with Crippen LogP contribution in [0.25, 0.3) is 0 Å². The first kappa shape index (κ1) is 12.8. The standard InChI is InChI=1S/C12H17N3O3/c1-14-3-2-9(6-14)11(16)7-15-4-5-18-8-10(15)12(13)17/h2-3,6,10H,4-5,7-8H2,1H3,(H2,13,17). The van der Waals surface area contributed by atoms with Crippen LogP contribution >= 0.6 is 0 Å². The van der Waals surface area contributed by atoms with Gasteiger partial charge in [0.2, 0.25) is 5.91 Å². The number of nitrogens with two attached hydrogens (primary N) is 1. The van der Waals surface area contributed by atoms with Gasteiger partial charge in [0.15, 0.2) is 5.78 Å². The second-order valence-electron chi connectivity index (χ2n) is 4.45. The third-order valence-corrected chi connectivity index (χ3v) is 3.07. The fourth-order valence-electron chi connectivity index (χ4n) is 2.03. The average molecular weight is 251 g/mol. The van der Waals surface area contributed by atoms with E-state index in [1.54, 1.807) is 17.2 Å². The van der Waals surface area contributed by atoms with Crippen molar-refractivity contribution in [2.75, 3.05) is 26.3 Å². The Morgan fingerprint density at radius 3 is 2.94 bits per heavy atom. The maximum absolute atomic E-state index is 12.0. The maximum Gasteiger partial charge on any atom is 0.237 e. The summed E-state index contributed by atoms with van der Waals surface area (Å²) in [5, 5.41) is 0. The van der Waals surface area contributed by atoms with E-state index in [0.29, 0.717) is 18.7 Å². The van der Waals surface area contributed by atoms with Crippen LogP contribution in [-0.2, 0) is 16.6 Å². The summed E-state index contributed by atoms with van der Waals surface area (Å²) in [6.07, 6.45) is 3.58. The van der Waals surface area contributed by atoms with E-state index in [9.17, 15) is 9.59 Å². The van der Waals surface area contributed by atoms with Gasteiger partial charge in [-0.25, -0.2) is 0 Å². The number of aryl methyl sites for hydroxylation is 1. The minimum Gasteiger partial charge on any atom is -0.378 e. The molecule has 0 spiro atoms. The van der Waals surface area contributed by atoms with Crippen molar-refractivity contribution in [1.82, 2.24) is 9.47 Å². The maximum atomic E-state index is 12.0. The molecule has 2 rings (SSSR count). The number of morpholine rings is 1. The topological polar surface area (TPSA) is 77.6 Å². The van der Waals surface area contributed by atoms with Crippen LogP contribution in [0.15, 0.2) is 18.5 Å². The lowest BCUT2D eigenvalue weighted by atomic mass is 10.1. The van der Waals surface area contributed by atoms with Gasteiger partial charge in [0.1, 0.15) is 6.04 Å². The quantitative estimate of drug-likeness (QED) is 0.724. The molecule has 0 saturated carbocycles. The van der Waals surface area contributed by atoms with Crippen molar-refractivity contribution in [3.05, 3.63) is 24.0 Å². The van der Waals surface area contributed by atoms with Crippen molar-refractivity contribution in [2.24, 2.45) is 12.8 Å². The molecule has 6 heteroatoms. The molecule has 1 aromatic heterocycles. The molecule has 0 bridgehead atoms. The number of hydrogen-bond acceptors (Lipinski definition) is 4. The Morgan fingerprint density at radius 2 is 2.33 bits per heavy atom. The minimum atomic E-state index is -0.508. The molecule has 0 aliphatic carbocycles. The monoisotopic (exact) mass is 251 g/mol. The van der Waals surface area contributed by atoms with Crippen LogP contribution in [0, 0.1) is 0 Å². The zero-order valence-corrected chi connectivity index (χ0v) is 10.3. The Hall–Kier alpha value is -1.66. The van der Waals surface area contributed by atoms with Crippen LogP contribution in [0.2, 0.25) is 0 Å². The predicted octanol–water partition coefficient (Wildman–Crippen LogP) is -0.606. The Balaban J connectivity index is 2.03. The van der Waals surface area contributed by atoms with Crippen LogP contribution in [0.1, 0.15) is 10.4 Å². The van der Waals surface area contributed by atoms with Crippen molar-refractivity contribution in [2.45, 2.75) is 6.04 Å². The Labute approximate surface area is 105 Å². The molecule has 0 aromatic carbocycles. The second kappa shape index (κ2) is 5.32. The molecule has 1 aliphatic heterocycles. The van der Waals surface area contributed by atoms with E-state index in [2.05, 4.69) is 0 Å². The number of rotatable bonds is 4. The molecule has 1 amide bonds. The van der Waals surface area contributed by atoms with Gasteiger partial charge in [-0.15, -0.1) is 0 Å². The number of ketones is 1. The second-order valence-corrected chi connectivity index (χ2v) is 4.45. The van der Waals surface area contributed by atoms with E-state index >= 15 is 0 Å². The van der Waals surface area contributed by atoms with Crippen molar-refractivity contribution < 1.29 is 14.3 Å². The molecule has 1 fully saturated rings. The van der Waals surface area contributed by atoms with Gasteiger partial charge < -0.3 is 15.0 Å². The third kappa shape index (κ3) is 2.77. The summed E-state index contributed by atoms with van der Waals surface area (Å²) in [5.41, 5.74) is 5.95. The van der Waals surface area contributed by atoms with Crippen LogP contribution in [0.5, 0.6) is 0 Å². The summed E-state index contributed by atoms with van der Waals surface area (Å²) in [5.74, 6) is -0.459. The highest BCUT2D eigenvalue weighted by atomic mass is 16.5. The van der Waals surface area contributed by atoms with E-state index in [1.165, 1.54) is 0 Å². The molecule has 0 radical (unpaired) electrons. The van der Waals surface area contributed by atoms with Crippen LogP contribution in [0.4, 0.5) is 0 Å². The molecule has 1 aromatic rings. The first-order valence-electron chi connectivity index (χ1n) is 5.84. The average Bonchev–Trinajstić information content (AvgIpc) is 2.76. The molecule has 98 valence electrons. The van der Waals surface area contributed by atoms with Crippen LogP contribution in [-0.4, -0.2) is 53.5 Å². The highest BCUT2D eigenvalue weighted by Gasteiger charge is 2.29. The van der Waals surface area contributed by atoms with Gasteiger partial charge in [-0.2, -0.15) is 0 Å². The Morgan fingerprint density at radius 1 is 1.56 bits per heavy atom. The van der Waals surface area contributed by atoms with Gasteiger partial charge in [0.25, 0.3) is 0 Å². The number of nitrogens with zero attached hydrogens (tertiary/aromatic N) is 2. The molecule has 1 aliphatic rings. The lowest BCUT2D eigenvalue weighted by molar-refractivity contribution is -0.128. The van der Waals surface area contributed by atoms with E-state index in [0.717, 1.165) is 0 Å².